The molecule has 3 heteroatoms. The van der Waals surface area contributed by atoms with Crippen LogP contribution < -0.4 is 15.9 Å². The Morgan fingerprint density at radius 1 is 0.311 bits per heavy atom. The van der Waals surface area contributed by atoms with E-state index in [4.69, 9.17) is 0 Å². The zero-order chi connectivity index (χ0) is 29.7. The Balaban J connectivity index is 1.39. The van der Waals surface area contributed by atoms with Crippen LogP contribution in [0.2, 0.25) is 0 Å². The van der Waals surface area contributed by atoms with Crippen molar-refractivity contribution in [2.75, 3.05) is 0 Å². The predicted molar refractivity (Wildman–Crippen MR) is 194 cm³/mol. The van der Waals surface area contributed by atoms with Crippen molar-refractivity contribution in [1.82, 2.24) is 9.13 Å². The van der Waals surface area contributed by atoms with Gasteiger partial charge < -0.3 is 9.13 Å². The van der Waals surface area contributed by atoms with E-state index in [0.717, 1.165) is 0 Å². The van der Waals surface area contributed by atoms with Gasteiger partial charge in [0.2, 0.25) is 0 Å². The fourth-order valence-corrected chi connectivity index (χ4v) is 9.32. The number of fused-ring (bicyclic) bond motifs is 7. The van der Waals surface area contributed by atoms with E-state index in [-0.39, 0.29) is 0 Å². The lowest BCUT2D eigenvalue weighted by atomic mass is 10.1. The zero-order valence-electron chi connectivity index (χ0n) is 24.6. The topological polar surface area (TPSA) is 9.86 Å². The van der Waals surface area contributed by atoms with Gasteiger partial charge in [-0.25, -0.2) is 0 Å². The van der Waals surface area contributed by atoms with Gasteiger partial charge in [0.25, 0.3) is 0 Å². The number of nitrogens with zero attached hydrogens (tertiary/aromatic N) is 2. The Kier molecular flexibility index (Phi) is 6.14. The average Bonchev–Trinajstić information content (AvgIpc) is 3.63. The summed E-state index contributed by atoms with van der Waals surface area (Å²) in [4.78, 5) is 0. The number of hydrogen-bond donors (Lipinski definition) is 0. The second-order valence-electron chi connectivity index (χ2n) is 11.4. The van der Waals surface area contributed by atoms with Crippen molar-refractivity contribution < 1.29 is 0 Å². The summed E-state index contributed by atoms with van der Waals surface area (Å²) in [5.74, 6) is 0. The molecule has 0 saturated carbocycles. The molecule has 0 atom stereocenters. The van der Waals surface area contributed by atoms with Crippen molar-refractivity contribution in [2.45, 2.75) is 0 Å². The van der Waals surface area contributed by atoms with Crippen LogP contribution in [0.25, 0.3) is 55.0 Å². The number of para-hydroxylation sites is 3. The molecule has 0 aliphatic carbocycles. The van der Waals surface area contributed by atoms with Crippen molar-refractivity contribution in [3.8, 4) is 11.4 Å². The maximum absolute atomic E-state index is 2.50. The van der Waals surface area contributed by atoms with Crippen molar-refractivity contribution in [2.24, 2.45) is 0 Å². The Bertz CT molecular complexity index is 2440. The minimum Gasteiger partial charge on any atom is -0.307 e. The molecule has 0 radical (unpaired) electrons. The number of rotatable bonds is 5. The second-order valence-corrected chi connectivity index (χ2v) is 13.6. The van der Waals surface area contributed by atoms with E-state index in [9.17, 15) is 0 Å². The highest BCUT2D eigenvalue weighted by Crippen LogP contribution is 2.42. The summed E-state index contributed by atoms with van der Waals surface area (Å²) in [6, 6.07) is 64.2. The van der Waals surface area contributed by atoms with Crippen molar-refractivity contribution in [3.05, 3.63) is 176 Å². The molecule has 0 saturated heterocycles. The Morgan fingerprint density at radius 2 is 0.733 bits per heavy atom. The number of hydrogen-bond acceptors (Lipinski definition) is 0. The lowest BCUT2D eigenvalue weighted by Crippen LogP contribution is -2.20. The molecule has 9 rings (SSSR count). The first-order valence-corrected chi connectivity index (χ1v) is 16.7. The van der Waals surface area contributed by atoms with Gasteiger partial charge in [-0.05, 0) is 60.2 Å². The Morgan fingerprint density at radius 3 is 1.29 bits per heavy atom. The lowest BCUT2D eigenvalue weighted by molar-refractivity contribution is 1.15. The van der Waals surface area contributed by atoms with Crippen LogP contribution in [0.1, 0.15) is 0 Å². The maximum atomic E-state index is 2.50. The lowest BCUT2D eigenvalue weighted by Gasteiger charge is -2.20. The minimum atomic E-state index is -0.736. The number of benzene rings is 7. The highest BCUT2D eigenvalue weighted by atomic mass is 31.1. The van der Waals surface area contributed by atoms with Crippen LogP contribution in [0.3, 0.4) is 0 Å². The van der Waals surface area contributed by atoms with E-state index in [2.05, 4.69) is 185 Å². The largest absolute Gasteiger partial charge is 0.307 e. The van der Waals surface area contributed by atoms with Crippen LogP contribution in [-0.4, -0.2) is 9.13 Å². The van der Waals surface area contributed by atoms with Gasteiger partial charge in [-0.2, -0.15) is 0 Å². The van der Waals surface area contributed by atoms with Crippen molar-refractivity contribution in [1.29, 1.82) is 0 Å². The quantitative estimate of drug-likeness (QED) is 0.176. The third-order valence-corrected chi connectivity index (χ3v) is 11.3. The van der Waals surface area contributed by atoms with Crippen molar-refractivity contribution >= 4 is 67.4 Å². The van der Waals surface area contributed by atoms with E-state index in [1.165, 1.54) is 70.9 Å². The van der Waals surface area contributed by atoms with Gasteiger partial charge in [0.15, 0.2) is 0 Å². The Labute approximate surface area is 263 Å². The van der Waals surface area contributed by atoms with E-state index in [1.807, 2.05) is 0 Å². The molecule has 2 nitrogen and oxygen atoms in total. The summed E-state index contributed by atoms with van der Waals surface area (Å²) in [6.45, 7) is 0. The van der Waals surface area contributed by atoms with Gasteiger partial charge in [-0.15, -0.1) is 0 Å². The highest BCUT2D eigenvalue weighted by Gasteiger charge is 2.22. The molecular weight excluding hydrogens is 563 g/mol. The summed E-state index contributed by atoms with van der Waals surface area (Å²) in [5, 5.41) is 9.09. The Hall–Kier alpha value is -5.43. The molecule has 45 heavy (non-hydrogen) atoms. The van der Waals surface area contributed by atoms with Crippen LogP contribution in [0.5, 0.6) is 0 Å². The molecule has 0 unspecified atom stereocenters. The highest BCUT2D eigenvalue weighted by molar-refractivity contribution is 7.79. The smallest absolute Gasteiger partial charge is 0.0788 e. The van der Waals surface area contributed by atoms with Crippen LogP contribution in [0.15, 0.2) is 176 Å². The first-order valence-electron chi connectivity index (χ1n) is 15.4. The summed E-state index contributed by atoms with van der Waals surface area (Å²) in [5.41, 5.74) is 7.23. The maximum Gasteiger partial charge on any atom is 0.0788 e. The normalized spacial score (nSPS) is 11.8. The van der Waals surface area contributed by atoms with Crippen LogP contribution in [0, 0.1) is 0 Å². The summed E-state index contributed by atoms with van der Waals surface area (Å²) >= 11 is 0. The predicted octanol–water partition coefficient (Wildman–Crippen LogP) is 9.64. The zero-order valence-corrected chi connectivity index (χ0v) is 25.5. The average molecular weight is 593 g/mol. The molecule has 0 fully saturated rings. The van der Waals surface area contributed by atoms with Crippen LogP contribution in [0.4, 0.5) is 0 Å². The molecule has 212 valence electrons. The summed E-state index contributed by atoms with van der Waals surface area (Å²) in [6.07, 6.45) is 0. The van der Waals surface area contributed by atoms with Gasteiger partial charge in [-0.1, -0.05) is 140 Å². The molecule has 0 bridgehead atoms. The van der Waals surface area contributed by atoms with E-state index < -0.39 is 7.92 Å². The molecule has 2 heterocycles. The van der Waals surface area contributed by atoms with E-state index >= 15 is 0 Å². The molecule has 0 amide bonds. The van der Waals surface area contributed by atoms with E-state index in [0.29, 0.717) is 0 Å². The van der Waals surface area contributed by atoms with Crippen LogP contribution in [-0.2, 0) is 0 Å². The first kappa shape index (κ1) is 26.0. The number of aromatic nitrogens is 2. The van der Waals surface area contributed by atoms with Crippen molar-refractivity contribution in [3.63, 3.8) is 0 Å². The molecule has 2 aromatic heterocycles. The minimum absolute atomic E-state index is 0.736. The fraction of sp³-hybridized carbons (Fsp3) is 0. The summed E-state index contributed by atoms with van der Waals surface area (Å²) < 4.78 is 4.95. The molecule has 9 aromatic rings. The molecule has 0 aliphatic heterocycles. The molecular formula is C42H29N2P. The molecule has 0 aliphatic rings. The third-order valence-electron chi connectivity index (χ3n) is 8.86. The van der Waals surface area contributed by atoms with Gasteiger partial charge in [0.1, 0.15) is 0 Å². The molecule has 7 aromatic carbocycles. The van der Waals surface area contributed by atoms with Crippen LogP contribution >= 0.6 is 7.92 Å². The van der Waals surface area contributed by atoms with Gasteiger partial charge in [0, 0.05) is 32.9 Å². The first-order chi connectivity index (χ1) is 22.4. The second kappa shape index (κ2) is 10.6. The summed E-state index contributed by atoms with van der Waals surface area (Å²) in [7, 11) is -0.736. The monoisotopic (exact) mass is 592 g/mol. The fourth-order valence-electron chi connectivity index (χ4n) is 6.99. The standard InChI is InChI=1S/C42H29N2P/c1-4-15-30(16-5-1)43-39-25-12-10-23-35(39)37-27-28-38-36-24-11-13-26-40(36)44(42(38)41(37)43)31-17-14-22-34(29-31)45(32-18-6-2-7-19-32)33-20-8-3-9-21-33/h1-29H. The van der Waals surface area contributed by atoms with Gasteiger partial charge >= 0.3 is 0 Å². The van der Waals surface area contributed by atoms with Gasteiger partial charge in [-0.3, -0.25) is 0 Å². The SMILES string of the molecule is c1ccc(-n2c3ccccc3c3ccc4c5ccccc5n(-c5cccc(P(c6ccccc6)c6ccccc6)c5)c4c32)cc1. The third kappa shape index (κ3) is 4.14. The molecule has 0 spiro atoms. The van der Waals surface area contributed by atoms with Gasteiger partial charge in [0.05, 0.1) is 22.1 Å². The van der Waals surface area contributed by atoms with E-state index in [1.54, 1.807) is 0 Å². The molecule has 0 N–H and O–H groups in total.